The maximum Gasteiger partial charge on any atom is 0.119 e. The first-order chi connectivity index (χ1) is 14.3. The Kier molecular flexibility index (Phi) is 11.9. The third-order valence-electron chi connectivity index (χ3n) is 5.28. The minimum atomic E-state index is 0.636. The number of nitrogens with zero attached hydrogens (tertiary/aromatic N) is 1. The molecule has 0 unspecified atom stereocenters. The van der Waals surface area contributed by atoms with E-state index in [1.54, 1.807) is 0 Å². The highest BCUT2D eigenvalue weighted by molar-refractivity contribution is 5.60. The van der Waals surface area contributed by atoms with Gasteiger partial charge in [0.25, 0.3) is 0 Å². The fourth-order valence-electron chi connectivity index (χ4n) is 3.42. The minimum Gasteiger partial charge on any atom is -0.490 e. The van der Waals surface area contributed by atoms with Crippen LogP contribution in [0.5, 0.6) is 5.75 Å². The molecule has 2 nitrogen and oxygen atoms in total. The summed E-state index contributed by atoms with van der Waals surface area (Å²) in [7, 11) is 0. The van der Waals surface area contributed by atoms with Crippen LogP contribution in [0.15, 0.2) is 54.7 Å². The first kappa shape index (κ1) is 23.2. The first-order valence-corrected chi connectivity index (χ1v) is 11.7. The minimum absolute atomic E-state index is 0.636. The summed E-state index contributed by atoms with van der Waals surface area (Å²) in [6, 6.07) is 12.6. The van der Waals surface area contributed by atoms with Crippen molar-refractivity contribution in [3.05, 3.63) is 60.3 Å². The van der Waals surface area contributed by atoms with Gasteiger partial charge in [0.2, 0.25) is 0 Å². The van der Waals surface area contributed by atoms with Crippen molar-refractivity contribution in [3.63, 3.8) is 0 Å². The fraction of sp³-hybridized carbons (Fsp3) is 0.519. The van der Waals surface area contributed by atoms with Crippen LogP contribution in [0.1, 0.15) is 83.6 Å². The number of hydrogen-bond donors (Lipinski definition) is 0. The molecule has 1 aromatic carbocycles. The van der Waals surface area contributed by atoms with E-state index in [0.29, 0.717) is 6.61 Å². The third kappa shape index (κ3) is 9.78. The summed E-state index contributed by atoms with van der Waals surface area (Å²) in [4.78, 5) is 4.67. The van der Waals surface area contributed by atoms with Crippen molar-refractivity contribution >= 4 is 0 Å². The molecule has 0 aliphatic rings. The van der Waals surface area contributed by atoms with Crippen molar-refractivity contribution in [2.45, 2.75) is 84.5 Å². The standard InChI is InChI=1S/C27H39NO/c1-3-5-7-9-11-13-15-24-16-21-27(28-23-24)25-17-19-26(20-18-25)29-22-14-12-10-8-6-4-2/h12,14,16-21,23H,3-11,13,15,22H2,1-2H3. The number of unbranched alkanes of at least 4 members (excludes halogenated alkanes) is 8. The Bertz CT molecular complexity index is 673. The van der Waals surface area contributed by atoms with Gasteiger partial charge in [0.1, 0.15) is 12.4 Å². The highest BCUT2D eigenvalue weighted by atomic mass is 16.5. The van der Waals surface area contributed by atoms with Gasteiger partial charge in [0, 0.05) is 11.8 Å². The number of allylic oxidation sites excluding steroid dienone is 1. The Morgan fingerprint density at radius 1 is 0.759 bits per heavy atom. The second-order valence-corrected chi connectivity index (χ2v) is 7.87. The molecule has 0 bridgehead atoms. The zero-order valence-corrected chi connectivity index (χ0v) is 18.5. The molecule has 0 radical (unpaired) electrons. The van der Waals surface area contributed by atoms with Crippen molar-refractivity contribution in [1.29, 1.82) is 0 Å². The number of hydrogen-bond acceptors (Lipinski definition) is 2. The number of aryl methyl sites for hydroxylation is 1. The molecule has 2 aromatic rings. The summed E-state index contributed by atoms with van der Waals surface area (Å²) in [6.45, 7) is 5.13. The molecule has 0 aliphatic carbocycles. The molecule has 158 valence electrons. The molecule has 1 aromatic heterocycles. The number of aromatic nitrogens is 1. The first-order valence-electron chi connectivity index (χ1n) is 11.7. The molecule has 0 fully saturated rings. The van der Waals surface area contributed by atoms with Crippen LogP contribution in [0.2, 0.25) is 0 Å². The van der Waals surface area contributed by atoms with E-state index < -0.39 is 0 Å². The van der Waals surface area contributed by atoms with Crippen LogP contribution in [0.3, 0.4) is 0 Å². The molecule has 0 N–H and O–H groups in total. The monoisotopic (exact) mass is 393 g/mol. The molecule has 2 rings (SSSR count). The number of rotatable bonds is 15. The normalized spacial score (nSPS) is 11.2. The molecule has 0 spiro atoms. The molecular formula is C27H39NO. The summed E-state index contributed by atoms with van der Waals surface area (Å²) >= 11 is 0. The lowest BCUT2D eigenvalue weighted by Gasteiger charge is -2.06. The van der Waals surface area contributed by atoms with E-state index in [9.17, 15) is 0 Å². The van der Waals surface area contributed by atoms with Gasteiger partial charge in [-0.25, -0.2) is 0 Å². The molecular weight excluding hydrogens is 354 g/mol. The summed E-state index contributed by atoms with van der Waals surface area (Å²) in [5.41, 5.74) is 3.51. The molecule has 0 atom stereocenters. The van der Waals surface area contributed by atoms with E-state index in [0.717, 1.165) is 29.8 Å². The average molecular weight is 394 g/mol. The molecule has 0 saturated carbocycles. The second-order valence-electron chi connectivity index (χ2n) is 7.87. The van der Waals surface area contributed by atoms with Crippen LogP contribution >= 0.6 is 0 Å². The fourth-order valence-corrected chi connectivity index (χ4v) is 3.42. The van der Waals surface area contributed by atoms with E-state index in [1.807, 2.05) is 18.3 Å². The van der Waals surface area contributed by atoms with Crippen molar-refractivity contribution in [2.75, 3.05) is 6.61 Å². The number of pyridine rings is 1. The van der Waals surface area contributed by atoms with Gasteiger partial charge in [-0.15, -0.1) is 0 Å². The predicted molar refractivity (Wildman–Crippen MR) is 126 cm³/mol. The van der Waals surface area contributed by atoms with Crippen LogP contribution in [-0.4, -0.2) is 11.6 Å². The van der Waals surface area contributed by atoms with E-state index in [4.69, 9.17) is 4.74 Å². The zero-order valence-electron chi connectivity index (χ0n) is 18.5. The van der Waals surface area contributed by atoms with Crippen molar-refractivity contribution < 1.29 is 4.74 Å². The number of benzene rings is 1. The summed E-state index contributed by atoms with van der Waals surface area (Å²) in [5.74, 6) is 0.909. The molecule has 1 heterocycles. The highest BCUT2D eigenvalue weighted by Gasteiger charge is 2.01. The van der Waals surface area contributed by atoms with Crippen LogP contribution in [0.4, 0.5) is 0 Å². The van der Waals surface area contributed by atoms with Crippen molar-refractivity contribution in [3.8, 4) is 17.0 Å². The average Bonchev–Trinajstić information content (AvgIpc) is 2.76. The van der Waals surface area contributed by atoms with Crippen molar-refractivity contribution in [1.82, 2.24) is 4.98 Å². The van der Waals surface area contributed by atoms with Crippen LogP contribution in [0, 0.1) is 0 Å². The van der Waals surface area contributed by atoms with Gasteiger partial charge in [-0.1, -0.05) is 77.0 Å². The Morgan fingerprint density at radius 3 is 2.21 bits per heavy atom. The Morgan fingerprint density at radius 2 is 1.48 bits per heavy atom. The van der Waals surface area contributed by atoms with E-state index in [2.05, 4.69) is 55.2 Å². The van der Waals surface area contributed by atoms with Crippen LogP contribution in [-0.2, 0) is 6.42 Å². The molecule has 2 heteroatoms. The number of ether oxygens (including phenoxy) is 1. The van der Waals surface area contributed by atoms with Crippen LogP contribution < -0.4 is 4.74 Å². The van der Waals surface area contributed by atoms with E-state index >= 15 is 0 Å². The summed E-state index contributed by atoms with van der Waals surface area (Å²) in [6.07, 6.45) is 20.5. The highest BCUT2D eigenvalue weighted by Crippen LogP contribution is 2.21. The predicted octanol–water partition coefficient (Wildman–Crippen LogP) is 8.17. The van der Waals surface area contributed by atoms with Gasteiger partial charge in [-0.3, -0.25) is 4.98 Å². The van der Waals surface area contributed by atoms with Gasteiger partial charge in [0.15, 0.2) is 0 Å². The SMILES string of the molecule is CCCCCC=CCOc1ccc(-c2ccc(CCCCCCCC)cn2)cc1. The van der Waals surface area contributed by atoms with E-state index in [1.165, 1.54) is 63.4 Å². The van der Waals surface area contributed by atoms with Crippen molar-refractivity contribution in [2.24, 2.45) is 0 Å². The lowest BCUT2D eigenvalue weighted by molar-refractivity contribution is 0.362. The van der Waals surface area contributed by atoms with Gasteiger partial charge < -0.3 is 4.74 Å². The maximum absolute atomic E-state index is 5.79. The second kappa shape index (κ2) is 14.8. The summed E-state index contributed by atoms with van der Waals surface area (Å²) in [5, 5.41) is 0. The van der Waals surface area contributed by atoms with Gasteiger partial charge >= 0.3 is 0 Å². The molecule has 0 amide bonds. The lowest BCUT2D eigenvalue weighted by atomic mass is 10.1. The van der Waals surface area contributed by atoms with Crippen LogP contribution in [0.25, 0.3) is 11.3 Å². The topological polar surface area (TPSA) is 22.1 Å². The quantitative estimate of drug-likeness (QED) is 0.225. The molecule has 29 heavy (non-hydrogen) atoms. The van der Waals surface area contributed by atoms with Gasteiger partial charge in [-0.05, 0) is 61.6 Å². The summed E-state index contributed by atoms with van der Waals surface area (Å²) < 4.78 is 5.79. The van der Waals surface area contributed by atoms with Gasteiger partial charge in [-0.2, -0.15) is 0 Å². The lowest BCUT2D eigenvalue weighted by Crippen LogP contribution is -1.93. The zero-order chi connectivity index (χ0) is 20.6. The Balaban J connectivity index is 1.72. The van der Waals surface area contributed by atoms with E-state index in [-0.39, 0.29) is 0 Å². The van der Waals surface area contributed by atoms with Gasteiger partial charge in [0.05, 0.1) is 5.69 Å². The molecule has 0 aliphatic heterocycles. The smallest absolute Gasteiger partial charge is 0.119 e. The Labute approximate surface area is 178 Å². The third-order valence-corrected chi connectivity index (χ3v) is 5.28. The largest absolute Gasteiger partial charge is 0.490 e. The maximum atomic E-state index is 5.79. The Hall–Kier alpha value is -2.09. The molecule has 0 saturated heterocycles.